The van der Waals surface area contributed by atoms with E-state index in [2.05, 4.69) is 0 Å². The molecule has 1 atom stereocenters. The molecule has 0 saturated carbocycles. The number of primary amides is 1. The lowest BCUT2D eigenvalue weighted by atomic mass is 10.0. The molecule has 0 spiro atoms. The number of primary sulfonamides is 1. The van der Waals surface area contributed by atoms with Gasteiger partial charge in [-0.15, -0.1) is 0 Å². The molecule has 0 bridgehead atoms. The molecule has 0 saturated heterocycles. The summed E-state index contributed by atoms with van der Waals surface area (Å²) in [5.41, 5.74) is 5.85. The zero-order valence-electron chi connectivity index (χ0n) is 8.88. The van der Waals surface area contributed by atoms with Gasteiger partial charge in [-0.3, -0.25) is 4.79 Å². The third kappa shape index (κ3) is 3.32. The van der Waals surface area contributed by atoms with Crippen LogP contribution in [0.5, 0.6) is 0 Å². The van der Waals surface area contributed by atoms with Crippen molar-refractivity contribution < 1.29 is 13.2 Å². The van der Waals surface area contributed by atoms with Gasteiger partial charge in [-0.1, -0.05) is 19.1 Å². The summed E-state index contributed by atoms with van der Waals surface area (Å²) in [5, 5.41) is 5.00. The minimum Gasteiger partial charge on any atom is -0.369 e. The van der Waals surface area contributed by atoms with Crippen LogP contribution in [-0.2, 0) is 21.2 Å². The van der Waals surface area contributed by atoms with Crippen molar-refractivity contribution in [3.63, 3.8) is 0 Å². The van der Waals surface area contributed by atoms with Crippen LogP contribution in [0.4, 0.5) is 0 Å². The van der Waals surface area contributed by atoms with E-state index in [1.54, 1.807) is 19.1 Å². The molecule has 1 rings (SSSR count). The van der Waals surface area contributed by atoms with Gasteiger partial charge in [-0.25, -0.2) is 13.6 Å². The Kier molecular flexibility index (Phi) is 3.66. The second kappa shape index (κ2) is 4.63. The highest BCUT2D eigenvalue weighted by atomic mass is 32.2. The maximum absolute atomic E-state index is 11.1. The molecule has 0 aliphatic heterocycles. The van der Waals surface area contributed by atoms with Gasteiger partial charge in [0.15, 0.2) is 0 Å². The quantitative estimate of drug-likeness (QED) is 0.776. The van der Waals surface area contributed by atoms with E-state index in [1.165, 1.54) is 12.1 Å². The summed E-state index contributed by atoms with van der Waals surface area (Å²) in [6, 6.07) is 6.18. The first-order chi connectivity index (χ1) is 7.30. The molecular formula is C10H14N2O3S. The lowest BCUT2D eigenvalue weighted by molar-refractivity contribution is -0.121. The minimum absolute atomic E-state index is 0.0432. The maximum Gasteiger partial charge on any atom is 0.238 e. The molecule has 1 aromatic carbocycles. The van der Waals surface area contributed by atoms with E-state index in [4.69, 9.17) is 10.9 Å². The van der Waals surface area contributed by atoms with E-state index < -0.39 is 15.9 Å². The SMILES string of the molecule is CC(Cc1cccc(S(N)(=O)=O)c1)C(N)=O. The summed E-state index contributed by atoms with van der Waals surface area (Å²) < 4.78 is 22.2. The van der Waals surface area contributed by atoms with Gasteiger partial charge >= 0.3 is 0 Å². The number of hydrogen-bond donors (Lipinski definition) is 2. The molecule has 1 aromatic rings. The minimum atomic E-state index is -3.70. The molecular weight excluding hydrogens is 228 g/mol. The number of sulfonamides is 1. The molecule has 1 amide bonds. The van der Waals surface area contributed by atoms with Gasteiger partial charge in [0.1, 0.15) is 0 Å². The Hall–Kier alpha value is -1.40. The van der Waals surface area contributed by atoms with Gasteiger partial charge in [0.05, 0.1) is 4.90 Å². The predicted octanol–water partition coefficient (Wildman–Crippen LogP) is -0.00210. The molecule has 0 aliphatic carbocycles. The van der Waals surface area contributed by atoms with Crippen LogP contribution in [0, 0.1) is 5.92 Å². The average Bonchev–Trinajstić information content (AvgIpc) is 2.16. The summed E-state index contributed by atoms with van der Waals surface area (Å²) in [5.74, 6) is -0.753. The van der Waals surface area contributed by atoms with Gasteiger partial charge in [-0.2, -0.15) is 0 Å². The van der Waals surface area contributed by atoms with Crippen molar-refractivity contribution in [2.45, 2.75) is 18.2 Å². The third-order valence-electron chi connectivity index (χ3n) is 2.25. The van der Waals surface area contributed by atoms with Gasteiger partial charge in [0.2, 0.25) is 15.9 Å². The summed E-state index contributed by atoms with van der Waals surface area (Å²) in [6.45, 7) is 1.69. The monoisotopic (exact) mass is 242 g/mol. The summed E-state index contributed by atoms with van der Waals surface area (Å²) in [7, 11) is -3.70. The predicted molar refractivity (Wildman–Crippen MR) is 59.9 cm³/mol. The summed E-state index contributed by atoms with van der Waals surface area (Å²) in [4.78, 5) is 10.9. The fourth-order valence-electron chi connectivity index (χ4n) is 1.30. The first kappa shape index (κ1) is 12.7. The van der Waals surface area contributed by atoms with E-state index in [0.29, 0.717) is 6.42 Å². The Labute approximate surface area is 94.5 Å². The van der Waals surface area contributed by atoms with Crippen LogP contribution in [0.2, 0.25) is 0 Å². The van der Waals surface area contributed by atoms with Crippen LogP contribution < -0.4 is 10.9 Å². The van der Waals surface area contributed by atoms with Crippen molar-refractivity contribution >= 4 is 15.9 Å². The average molecular weight is 242 g/mol. The summed E-state index contributed by atoms with van der Waals surface area (Å²) in [6.07, 6.45) is 0.401. The van der Waals surface area contributed by atoms with E-state index in [-0.39, 0.29) is 10.8 Å². The zero-order chi connectivity index (χ0) is 12.3. The fourth-order valence-corrected chi connectivity index (χ4v) is 1.89. The molecule has 4 N–H and O–H groups in total. The van der Waals surface area contributed by atoms with E-state index in [1.807, 2.05) is 0 Å². The lowest BCUT2D eigenvalue weighted by Crippen LogP contribution is -2.22. The normalized spacial score (nSPS) is 13.4. The standard InChI is InChI=1S/C10H14N2O3S/c1-7(10(11)13)5-8-3-2-4-9(6-8)16(12,14)15/h2-4,6-7H,5H2,1H3,(H2,11,13)(H2,12,14,15). The number of amides is 1. The van der Waals surface area contributed by atoms with Crippen molar-refractivity contribution in [3.05, 3.63) is 29.8 Å². The highest BCUT2D eigenvalue weighted by Gasteiger charge is 2.12. The smallest absolute Gasteiger partial charge is 0.238 e. The number of hydrogen-bond acceptors (Lipinski definition) is 3. The number of carbonyl (C=O) groups is 1. The van der Waals surface area contributed by atoms with Crippen LogP contribution in [0.3, 0.4) is 0 Å². The molecule has 0 heterocycles. The summed E-state index contributed by atoms with van der Waals surface area (Å²) >= 11 is 0. The lowest BCUT2D eigenvalue weighted by Gasteiger charge is -2.08. The third-order valence-corrected chi connectivity index (χ3v) is 3.17. The number of carbonyl (C=O) groups excluding carboxylic acids is 1. The fraction of sp³-hybridized carbons (Fsp3) is 0.300. The molecule has 0 aliphatic rings. The van der Waals surface area contributed by atoms with Crippen LogP contribution in [0.15, 0.2) is 29.2 Å². The molecule has 0 radical (unpaired) electrons. The van der Waals surface area contributed by atoms with Gasteiger partial charge in [0.25, 0.3) is 0 Å². The van der Waals surface area contributed by atoms with Crippen molar-refractivity contribution in [3.8, 4) is 0 Å². The van der Waals surface area contributed by atoms with Crippen molar-refractivity contribution in [1.29, 1.82) is 0 Å². The first-order valence-corrected chi connectivity index (χ1v) is 6.26. The van der Waals surface area contributed by atoms with Crippen molar-refractivity contribution in [1.82, 2.24) is 0 Å². The van der Waals surface area contributed by atoms with Gasteiger partial charge < -0.3 is 5.73 Å². The molecule has 0 fully saturated rings. The second-order valence-electron chi connectivity index (χ2n) is 3.70. The first-order valence-electron chi connectivity index (χ1n) is 4.72. The highest BCUT2D eigenvalue weighted by molar-refractivity contribution is 7.89. The molecule has 6 heteroatoms. The maximum atomic E-state index is 11.1. The second-order valence-corrected chi connectivity index (χ2v) is 5.26. The van der Waals surface area contributed by atoms with Crippen LogP contribution in [-0.4, -0.2) is 14.3 Å². The Balaban J connectivity index is 2.96. The van der Waals surface area contributed by atoms with E-state index >= 15 is 0 Å². The number of rotatable bonds is 4. The van der Waals surface area contributed by atoms with Gasteiger partial charge in [-0.05, 0) is 24.1 Å². The topological polar surface area (TPSA) is 103 Å². The van der Waals surface area contributed by atoms with Crippen LogP contribution in [0.25, 0.3) is 0 Å². The highest BCUT2D eigenvalue weighted by Crippen LogP contribution is 2.13. The van der Waals surface area contributed by atoms with Crippen LogP contribution in [0.1, 0.15) is 12.5 Å². The Bertz CT molecular complexity index is 497. The van der Waals surface area contributed by atoms with Crippen molar-refractivity contribution in [2.75, 3.05) is 0 Å². The number of nitrogens with two attached hydrogens (primary N) is 2. The Morgan fingerprint density at radius 1 is 1.44 bits per heavy atom. The zero-order valence-corrected chi connectivity index (χ0v) is 9.70. The molecule has 0 aromatic heterocycles. The van der Waals surface area contributed by atoms with Gasteiger partial charge in [0, 0.05) is 5.92 Å². The molecule has 16 heavy (non-hydrogen) atoms. The molecule has 5 nitrogen and oxygen atoms in total. The van der Waals surface area contributed by atoms with E-state index in [9.17, 15) is 13.2 Å². The largest absolute Gasteiger partial charge is 0.369 e. The molecule has 88 valence electrons. The molecule has 1 unspecified atom stereocenters. The Morgan fingerprint density at radius 2 is 2.06 bits per heavy atom. The van der Waals surface area contributed by atoms with Crippen molar-refractivity contribution in [2.24, 2.45) is 16.8 Å². The van der Waals surface area contributed by atoms with Crippen LogP contribution >= 0.6 is 0 Å². The Morgan fingerprint density at radius 3 is 2.56 bits per heavy atom. The van der Waals surface area contributed by atoms with E-state index in [0.717, 1.165) is 5.56 Å². The number of benzene rings is 1.